The second-order valence-corrected chi connectivity index (χ2v) is 5.04. The number of aryl methyl sites for hydroxylation is 1. The third-order valence-corrected chi connectivity index (χ3v) is 3.59. The quantitative estimate of drug-likeness (QED) is 0.815. The van der Waals surface area contributed by atoms with Gasteiger partial charge in [0.25, 0.3) is 0 Å². The maximum atomic E-state index is 13.1. The molecule has 0 heterocycles. The summed E-state index contributed by atoms with van der Waals surface area (Å²) >= 11 is 1.73. The van der Waals surface area contributed by atoms with Gasteiger partial charge in [-0.15, -0.1) is 11.8 Å². The van der Waals surface area contributed by atoms with E-state index >= 15 is 0 Å². The zero-order chi connectivity index (χ0) is 13.0. The van der Waals surface area contributed by atoms with Crippen LogP contribution in [0.5, 0.6) is 0 Å². The molecule has 2 aromatic carbocycles. The maximum absolute atomic E-state index is 13.1. The standard InChI is InChI=1S/C15H16FNS/c1-11-3-6-13(16)9-15(11)17-10-12-4-7-14(18-2)8-5-12/h3-9,17H,10H2,1-2H3. The van der Waals surface area contributed by atoms with Crippen LogP contribution in [0, 0.1) is 12.7 Å². The smallest absolute Gasteiger partial charge is 0.125 e. The average molecular weight is 261 g/mol. The molecule has 0 bridgehead atoms. The van der Waals surface area contributed by atoms with Crippen molar-refractivity contribution in [1.29, 1.82) is 0 Å². The average Bonchev–Trinajstić information content (AvgIpc) is 2.40. The molecule has 2 rings (SSSR count). The fourth-order valence-electron chi connectivity index (χ4n) is 1.73. The number of hydrogen-bond donors (Lipinski definition) is 1. The first-order valence-electron chi connectivity index (χ1n) is 5.82. The van der Waals surface area contributed by atoms with Crippen LogP contribution in [-0.2, 0) is 6.54 Å². The molecule has 0 saturated heterocycles. The van der Waals surface area contributed by atoms with Crippen molar-refractivity contribution in [1.82, 2.24) is 0 Å². The topological polar surface area (TPSA) is 12.0 Å². The van der Waals surface area contributed by atoms with E-state index in [2.05, 4.69) is 35.8 Å². The van der Waals surface area contributed by atoms with Crippen LogP contribution >= 0.6 is 11.8 Å². The Labute approximate surface area is 111 Å². The summed E-state index contributed by atoms with van der Waals surface area (Å²) in [5.41, 5.74) is 3.09. The van der Waals surface area contributed by atoms with Crippen molar-refractivity contribution in [3.8, 4) is 0 Å². The summed E-state index contributed by atoms with van der Waals surface area (Å²) < 4.78 is 13.1. The Hall–Kier alpha value is -1.48. The van der Waals surface area contributed by atoms with Crippen molar-refractivity contribution in [2.24, 2.45) is 0 Å². The summed E-state index contributed by atoms with van der Waals surface area (Å²) in [6.07, 6.45) is 2.06. The molecule has 18 heavy (non-hydrogen) atoms. The van der Waals surface area contributed by atoms with Gasteiger partial charge in [-0.05, 0) is 48.6 Å². The van der Waals surface area contributed by atoms with Gasteiger partial charge in [0.05, 0.1) is 0 Å². The first-order chi connectivity index (χ1) is 8.69. The Kier molecular flexibility index (Phi) is 4.26. The van der Waals surface area contributed by atoms with Crippen molar-refractivity contribution in [2.45, 2.75) is 18.4 Å². The maximum Gasteiger partial charge on any atom is 0.125 e. The highest BCUT2D eigenvalue weighted by molar-refractivity contribution is 7.98. The Bertz CT molecular complexity index is 523. The Morgan fingerprint density at radius 1 is 1.11 bits per heavy atom. The van der Waals surface area contributed by atoms with Crippen molar-refractivity contribution in [3.63, 3.8) is 0 Å². The van der Waals surface area contributed by atoms with Crippen molar-refractivity contribution < 1.29 is 4.39 Å². The van der Waals surface area contributed by atoms with Crippen LogP contribution < -0.4 is 5.32 Å². The molecule has 2 aromatic rings. The third kappa shape index (κ3) is 3.26. The molecule has 0 aromatic heterocycles. The molecular formula is C15H16FNS. The number of hydrogen-bond acceptors (Lipinski definition) is 2. The van der Waals surface area contributed by atoms with Gasteiger partial charge in [0, 0.05) is 17.1 Å². The van der Waals surface area contributed by atoms with Crippen molar-refractivity contribution in [3.05, 3.63) is 59.4 Å². The predicted molar refractivity (Wildman–Crippen MR) is 76.7 cm³/mol. The highest BCUT2D eigenvalue weighted by Crippen LogP contribution is 2.18. The minimum absolute atomic E-state index is 0.208. The summed E-state index contributed by atoms with van der Waals surface area (Å²) in [7, 11) is 0. The van der Waals surface area contributed by atoms with E-state index in [0.717, 1.165) is 11.3 Å². The van der Waals surface area contributed by atoms with Gasteiger partial charge in [-0.1, -0.05) is 18.2 Å². The number of benzene rings is 2. The molecule has 0 atom stereocenters. The van der Waals surface area contributed by atoms with Crippen molar-refractivity contribution in [2.75, 3.05) is 11.6 Å². The molecule has 0 fully saturated rings. The van der Waals surface area contributed by atoms with Crippen LogP contribution in [0.3, 0.4) is 0 Å². The molecule has 3 heteroatoms. The van der Waals surface area contributed by atoms with Crippen LogP contribution in [0.25, 0.3) is 0 Å². The van der Waals surface area contributed by atoms with Gasteiger partial charge in [0.2, 0.25) is 0 Å². The van der Waals surface area contributed by atoms with Gasteiger partial charge in [-0.2, -0.15) is 0 Å². The second kappa shape index (κ2) is 5.91. The molecular weight excluding hydrogens is 245 g/mol. The molecule has 1 N–H and O–H groups in total. The summed E-state index contributed by atoms with van der Waals surface area (Å²) in [5, 5.41) is 3.26. The molecule has 0 saturated carbocycles. The molecule has 0 amide bonds. The van der Waals surface area contributed by atoms with E-state index in [4.69, 9.17) is 0 Å². The summed E-state index contributed by atoms with van der Waals surface area (Å²) in [5.74, 6) is -0.208. The SMILES string of the molecule is CSc1ccc(CNc2cc(F)ccc2C)cc1. The monoisotopic (exact) mass is 261 g/mol. The van der Waals surface area contributed by atoms with E-state index in [0.29, 0.717) is 6.54 Å². The Balaban J connectivity index is 2.04. The molecule has 1 nitrogen and oxygen atoms in total. The molecule has 0 radical (unpaired) electrons. The molecule has 0 unspecified atom stereocenters. The van der Waals surface area contributed by atoms with Gasteiger partial charge < -0.3 is 5.32 Å². The second-order valence-electron chi connectivity index (χ2n) is 4.16. The summed E-state index contributed by atoms with van der Waals surface area (Å²) in [6.45, 7) is 2.68. The minimum atomic E-state index is -0.208. The number of thioether (sulfide) groups is 1. The highest BCUT2D eigenvalue weighted by atomic mass is 32.2. The zero-order valence-electron chi connectivity index (χ0n) is 10.5. The van der Waals surface area contributed by atoms with Gasteiger partial charge >= 0.3 is 0 Å². The van der Waals surface area contributed by atoms with Crippen LogP contribution in [0.15, 0.2) is 47.4 Å². The number of anilines is 1. The fourth-order valence-corrected chi connectivity index (χ4v) is 2.13. The highest BCUT2D eigenvalue weighted by Gasteiger charge is 2.00. The third-order valence-electron chi connectivity index (χ3n) is 2.84. The lowest BCUT2D eigenvalue weighted by Gasteiger charge is -2.10. The van der Waals surface area contributed by atoms with E-state index in [1.54, 1.807) is 17.8 Å². The lowest BCUT2D eigenvalue weighted by molar-refractivity contribution is 0.628. The summed E-state index contributed by atoms with van der Waals surface area (Å²) in [6, 6.07) is 13.2. The molecule has 0 aliphatic carbocycles. The van der Waals surface area contributed by atoms with Gasteiger partial charge in [0.15, 0.2) is 0 Å². The Morgan fingerprint density at radius 2 is 1.83 bits per heavy atom. The molecule has 0 aliphatic rings. The first kappa shape index (κ1) is 13.0. The van der Waals surface area contributed by atoms with E-state index < -0.39 is 0 Å². The molecule has 94 valence electrons. The molecule has 0 spiro atoms. The van der Waals surface area contributed by atoms with E-state index in [-0.39, 0.29) is 5.82 Å². The first-order valence-corrected chi connectivity index (χ1v) is 7.04. The van der Waals surface area contributed by atoms with E-state index in [1.165, 1.54) is 22.6 Å². The summed E-state index contributed by atoms with van der Waals surface area (Å²) in [4.78, 5) is 1.25. The van der Waals surface area contributed by atoms with Crippen LogP contribution in [0.4, 0.5) is 10.1 Å². The van der Waals surface area contributed by atoms with Crippen molar-refractivity contribution >= 4 is 17.4 Å². The van der Waals surface area contributed by atoms with Crippen LogP contribution in [-0.4, -0.2) is 6.26 Å². The van der Waals surface area contributed by atoms with Crippen LogP contribution in [0.1, 0.15) is 11.1 Å². The van der Waals surface area contributed by atoms with Crippen LogP contribution in [0.2, 0.25) is 0 Å². The predicted octanol–water partition coefficient (Wildman–Crippen LogP) is 4.47. The van der Waals surface area contributed by atoms with E-state index in [9.17, 15) is 4.39 Å². The Morgan fingerprint density at radius 3 is 2.50 bits per heavy atom. The normalized spacial score (nSPS) is 10.4. The van der Waals surface area contributed by atoms with Gasteiger partial charge in [-0.25, -0.2) is 4.39 Å². The number of halogens is 1. The number of rotatable bonds is 4. The molecule has 0 aliphatic heterocycles. The lowest BCUT2D eigenvalue weighted by atomic mass is 10.1. The number of nitrogens with one attached hydrogen (secondary N) is 1. The van der Waals surface area contributed by atoms with Gasteiger partial charge in [-0.3, -0.25) is 0 Å². The fraction of sp³-hybridized carbons (Fsp3) is 0.200. The zero-order valence-corrected chi connectivity index (χ0v) is 11.4. The van der Waals surface area contributed by atoms with E-state index in [1.807, 2.05) is 6.92 Å². The van der Waals surface area contributed by atoms with Gasteiger partial charge in [0.1, 0.15) is 5.82 Å². The lowest BCUT2D eigenvalue weighted by Crippen LogP contribution is -2.01. The largest absolute Gasteiger partial charge is 0.381 e. The minimum Gasteiger partial charge on any atom is -0.381 e.